The number of fused-ring (bicyclic) bond motifs is 5. The lowest BCUT2D eigenvalue weighted by Crippen LogP contribution is -2.62. The van der Waals surface area contributed by atoms with Gasteiger partial charge in [0.1, 0.15) is 6.04 Å². The molecule has 4 aliphatic rings. The molecule has 1 amide bonds. The maximum absolute atomic E-state index is 12.7. The molecule has 13 atom stereocenters. The molecule has 0 aromatic carbocycles. The summed E-state index contributed by atoms with van der Waals surface area (Å²) in [4.78, 5) is 24.3. The van der Waals surface area contributed by atoms with Crippen LogP contribution in [0.1, 0.15) is 98.8 Å². The SMILES string of the molecule is CCC(C)C(NC(=O)CCC(C)C1CCC2C3C(O)CC4CC(O)CCC4(C)C3CC(O)C12C)C(=O)O. The Bertz CT molecular complexity index is 850. The summed E-state index contributed by atoms with van der Waals surface area (Å²) in [6, 6.07) is -0.864. The van der Waals surface area contributed by atoms with Crippen LogP contribution in [-0.2, 0) is 9.59 Å². The van der Waals surface area contributed by atoms with Crippen LogP contribution in [0.5, 0.6) is 0 Å². The Hall–Kier alpha value is -1.18. The Morgan fingerprint density at radius 1 is 1.00 bits per heavy atom. The Morgan fingerprint density at radius 2 is 1.70 bits per heavy atom. The number of aliphatic hydroxyl groups excluding tert-OH is 3. The topological polar surface area (TPSA) is 127 Å². The highest BCUT2D eigenvalue weighted by atomic mass is 16.4. The van der Waals surface area contributed by atoms with Gasteiger partial charge in [-0.3, -0.25) is 4.79 Å². The van der Waals surface area contributed by atoms with Crippen LogP contribution in [0.15, 0.2) is 0 Å². The molecule has 4 rings (SSSR count). The number of carboxylic acids is 1. The number of amides is 1. The summed E-state index contributed by atoms with van der Waals surface area (Å²) in [5.74, 6) is 0.153. The molecule has 212 valence electrons. The van der Waals surface area contributed by atoms with Crippen molar-refractivity contribution in [1.82, 2.24) is 5.32 Å². The van der Waals surface area contributed by atoms with Crippen LogP contribution in [0.3, 0.4) is 0 Å². The van der Waals surface area contributed by atoms with Gasteiger partial charge in [-0.05, 0) is 104 Å². The van der Waals surface area contributed by atoms with Gasteiger partial charge in [-0.25, -0.2) is 4.79 Å². The zero-order chi connectivity index (χ0) is 27.3. The summed E-state index contributed by atoms with van der Waals surface area (Å²) in [5.41, 5.74) is -0.237. The predicted octanol–water partition coefficient (Wildman–Crippen LogP) is 3.98. The minimum atomic E-state index is -0.990. The number of hydrogen-bond donors (Lipinski definition) is 5. The number of rotatable bonds is 8. The van der Waals surface area contributed by atoms with E-state index >= 15 is 0 Å². The van der Waals surface area contributed by atoms with Crippen molar-refractivity contribution in [2.24, 2.45) is 52.3 Å². The first kappa shape index (κ1) is 28.8. The van der Waals surface area contributed by atoms with Crippen LogP contribution >= 0.6 is 0 Å². The maximum atomic E-state index is 12.7. The minimum absolute atomic E-state index is 0.0591. The molecule has 0 radical (unpaired) electrons. The zero-order valence-corrected chi connectivity index (χ0v) is 23.5. The van der Waals surface area contributed by atoms with Crippen LogP contribution in [0.25, 0.3) is 0 Å². The van der Waals surface area contributed by atoms with Gasteiger partial charge in [-0.2, -0.15) is 0 Å². The average Bonchev–Trinajstić information content (AvgIpc) is 3.20. The van der Waals surface area contributed by atoms with Crippen molar-refractivity contribution in [2.45, 2.75) is 123 Å². The number of carbonyl (C=O) groups excluding carboxylic acids is 1. The summed E-state index contributed by atoms with van der Waals surface area (Å²) >= 11 is 0. The Balaban J connectivity index is 1.45. The van der Waals surface area contributed by atoms with Gasteiger partial charge in [0, 0.05) is 6.42 Å². The molecule has 4 aliphatic carbocycles. The average molecular weight is 522 g/mol. The van der Waals surface area contributed by atoms with Crippen LogP contribution in [-0.4, -0.2) is 56.7 Å². The molecule has 4 saturated carbocycles. The standard InChI is InChI=1S/C30H51NO6/c1-6-16(2)27(28(36)37)31-25(35)10-7-17(3)20-8-9-21-26-22(15-24(34)30(20,21)5)29(4)12-11-19(32)13-18(29)14-23(26)33/h16-24,26-27,32-34H,6-15H2,1-5H3,(H,31,35)(H,36,37). The van der Waals surface area contributed by atoms with E-state index in [1.54, 1.807) is 0 Å². The van der Waals surface area contributed by atoms with Crippen molar-refractivity contribution in [3.05, 3.63) is 0 Å². The van der Waals surface area contributed by atoms with Crippen LogP contribution in [0.2, 0.25) is 0 Å². The highest BCUT2D eigenvalue weighted by Crippen LogP contribution is 2.68. The van der Waals surface area contributed by atoms with Crippen LogP contribution in [0, 0.1) is 52.3 Å². The molecule has 37 heavy (non-hydrogen) atoms. The fourth-order valence-electron chi connectivity index (χ4n) is 9.62. The fourth-order valence-corrected chi connectivity index (χ4v) is 9.62. The first-order valence-corrected chi connectivity index (χ1v) is 14.9. The monoisotopic (exact) mass is 521 g/mol. The molecule has 4 fully saturated rings. The van der Waals surface area contributed by atoms with Gasteiger partial charge >= 0.3 is 5.97 Å². The molecule has 0 aromatic rings. The van der Waals surface area contributed by atoms with E-state index in [-0.39, 0.29) is 64.8 Å². The van der Waals surface area contributed by atoms with Gasteiger partial charge < -0.3 is 25.7 Å². The number of nitrogens with one attached hydrogen (secondary N) is 1. The van der Waals surface area contributed by atoms with Gasteiger partial charge in [0.15, 0.2) is 0 Å². The second-order valence-corrected chi connectivity index (χ2v) is 13.8. The van der Waals surface area contributed by atoms with E-state index in [9.17, 15) is 30.0 Å². The normalized spacial score (nSPS) is 45.6. The van der Waals surface area contributed by atoms with E-state index in [0.717, 1.165) is 38.5 Å². The van der Waals surface area contributed by atoms with Crippen molar-refractivity contribution in [1.29, 1.82) is 0 Å². The summed E-state index contributed by atoms with van der Waals surface area (Å²) in [6.07, 6.45) is 6.48. The Morgan fingerprint density at radius 3 is 2.35 bits per heavy atom. The third-order valence-electron chi connectivity index (χ3n) is 12.1. The molecule has 13 unspecified atom stereocenters. The summed E-state index contributed by atoms with van der Waals surface area (Å²) in [6.45, 7) is 10.5. The maximum Gasteiger partial charge on any atom is 0.326 e. The lowest BCUT2D eigenvalue weighted by atomic mass is 9.43. The molecule has 0 aromatic heterocycles. The van der Waals surface area contributed by atoms with Crippen molar-refractivity contribution >= 4 is 11.9 Å². The van der Waals surface area contributed by atoms with E-state index < -0.39 is 24.2 Å². The van der Waals surface area contributed by atoms with Crippen LogP contribution in [0.4, 0.5) is 0 Å². The number of carbonyl (C=O) groups is 2. The van der Waals surface area contributed by atoms with Crippen molar-refractivity contribution in [3.8, 4) is 0 Å². The number of aliphatic carboxylic acids is 1. The zero-order valence-electron chi connectivity index (χ0n) is 23.5. The lowest BCUT2D eigenvalue weighted by molar-refractivity contribution is -0.207. The largest absolute Gasteiger partial charge is 0.480 e. The predicted molar refractivity (Wildman–Crippen MR) is 141 cm³/mol. The second kappa shape index (κ2) is 10.8. The molecule has 7 heteroatoms. The first-order chi connectivity index (χ1) is 17.3. The molecule has 0 aliphatic heterocycles. The molecular weight excluding hydrogens is 470 g/mol. The quantitative estimate of drug-likeness (QED) is 0.329. The van der Waals surface area contributed by atoms with E-state index in [1.165, 1.54) is 0 Å². The van der Waals surface area contributed by atoms with Crippen molar-refractivity contribution in [3.63, 3.8) is 0 Å². The molecule has 7 nitrogen and oxygen atoms in total. The van der Waals surface area contributed by atoms with E-state index in [0.29, 0.717) is 25.2 Å². The molecule has 0 spiro atoms. The third kappa shape index (κ3) is 4.98. The minimum Gasteiger partial charge on any atom is -0.480 e. The summed E-state index contributed by atoms with van der Waals surface area (Å²) in [5, 5.41) is 45.7. The van der Waals surface area contributed by atoms with Gasteiger partial charge in [-0.15, -0.1) is 0 Å². The van der Waals surface area contributed by atoms with E-state index in [1.807, 2.05) is 13.8 Å². The molecule has 0 saturated heterocycles. The van der Waals surface area contributed by atoms with Crippen molar-refractivity contribution < 1.29 is 30.0 Å². The van der Waals surface area contributed by atoms with Gasteiger partial charge in [0.2, 0.25) is 5.91 Å². The number of aliphatic hydroxyl groups is 3. The molecule has 5 N–H and O–H groups in total. The number of hydrogen-bond acceptors (Lipinski definition) is 5. The summed E-state index contributed by atoms with van der Waals surface area (Å²) < 4.78 is 0. The van der Waals surface area contributed by atoms with Gasteiger partial charge in [0.05, 0.1) is 18.3 Å². The van der Waals surface area contributed by atoms with Crippen LogP contribution < -0.4 is 5.32 Å². The van der Waals surface area contributed by atoms with Crippen molar-refractivity contribution in [2.75, 3.05) is 0 Å². The highest BCUT2D eigenvalue weighted by Gasteiger charge is 2.65. The molecule has 0 bridgehead atoms. The number of carboxylic acid groups (broad SMARTS) is 1. The third-order valence-corrected chi connectivity index (χ3v) is 12.1. The Kier molecular flexibility index (Phi) is 8.39. The fraction of sp³-hybridized carbons (Fsp3) is 0.933. The molecule has 0 heterocycles. The molecular formula is C30H51NO6. The first-order valence-electron chi connectivity index (χ1n) is 14.9. The lowest BCUT2D eigenvalue weighted by Gasteiger charge is -2.63. The van der Waals surface area contributed by atoms with E-state index in [4.69, 9.17) is 0 Å². The highest BCUT2D eigenvalue weighted by molar-refractivity contribution is 5.83. The smallest absolute Gasteiger partial charge is 0.326 e. The summed E-state index contributed by atoms with van der Waals surface area (Å²) in [7, 11) is 0. The second-order valence-electron chi connectivity index (χ2n) is 13.8. The van der Waals surface area contributed by atoms with E-state index in [2.05, 4.69) is 26.1 Å². The van der Waals surface area contributed by atoms with Gasteiger partial charge in [0.25, 0.3) is 0 Å². The Labute approximate surface area is 222 Å². The van der Waals surface area contributed by atoms with Gasteiger partial charge in [-0.1, -0.05) is 41.0 Å².